The largest absolute Gasteiger partial charge is 0.493 e. The molecule has 0 atom stereocenters. The predicted molar refractivity (Wildman–Crippen MR) is 139 cm³/mol. The standard InChI is InChI=1S/C24H31N5O2.HI/c1-4-25-24(27-13-12-19-10-11-21(30-2)22(16-19)31-3)28-17-23-26-14-15-29(23)18-20-8-6-5-7-9-20;/h5-11,14-16H,4,12-13,17-18H2,1-3H3,(H2,25,27,28);1H. The number of imidazole rings is 1. The Kier molecular flexibility index (Phi) is 10.9. The molecule has 32 heavy (non-hydrogen) atoms. The Balaban J connectivity index is 0.00000363. The van der Waals surface area contributed by atoms with Crippen LogP contribution >= 0.6 is 24.0 Å². The number of ether oxygens (including phenoxy) is 2. The normalized spacial score (nSPS) is 10.9. The molecule has 0 saturated heterocycles. The molecule has 0 bridgehead atoms. The van der Waals surface area contributed by atoms with Gasteiger partial charge in [-0.3, -0.25) is 0 Å². The van der Waals surface area contributed by atoms with Gasteiger partial charge in [0.05, 0.1) is 14.2 Å². The lowest BCUT2D eigenvalue weighted by Gasteiger charge is -2.13. The molecule has 0 radical (unpaired) electrons. The highest BCUT2D eigenvalue weighted by atomic mass is 127. The maximum absolute atomic E-state index is 5.39. The molecule has 0 unspecified atom stereocenters. The van der Waals surface area contributed by atoms with Gasteiger partial charge in [0.2, 0.25) is 0 Å². The number of nitrogens with zero attached hydrogens (tertiary/aromatic N) is 3. The molecule has 0 amide bonds. The summed E-state index contributed by atoms with van der Waals surface area (Å²) < 4.78 is 12.8. The molecule has 1 heterocycles. The van der Waals surface area contributed by atoms with Crippen molar-refractivity contribution in [1.29, 1.82) is 0 Å². The van der Waals surface area contributed by atoms with Crippen molar-refractivity contribution in [1.82, 2.24) is 20.2 Å². The van der Waals surface area contributed by atoms with E-state index in [0.717, 1.165) is 49.3 Å². The number of nitrogens with one attached hydrogen (secondary N) is 2. The fraction of sp³-hybridized carbons (Fsp3) is 0.333. The molecular formula is C24H32IN5O2. The summed E-state index contributed by atoms with van der Waals surface area (Å²) >= 11 is 0. The minimum absolute atomic E-state index is 0. The first-order valence-corrected chi connectivity index (χ1v) is 10.5. The van der Waals surface area contributed by atoms with Gasteiger partial charge in [0, 0.05) is 32.0 Å². The van der Waals surface area contributed by atoms with Crippen LogP contribution in [0.3, 0.4) is 0 Å². The smallest absolute Gasteiger partial charge is 0.191 e. The third-order valence-electron chi connectivity index (χ3n) is 4.87. The highest BCUT2D eigenvalue weighted by Gasteiger charge is 2.06. The van der Waals surface area contributed by atoms with Crippen LogP contribution in [0.4, 0.5) is 0 Å². The average Bonchev–Trinajstić information content (AvgIpc) is 3.24. The number of benzene rings is 2. The number of halogens is 1. The van der Waals surface area contributed by atoms with Crippen LogP contribution in [0.15, 0.2) is 65.9 Å². The lowest BCUT2D eigenvalue weighted by Crippen LogP contribution is -2.38. The zero-order valence-corrected chi connectivity index (χ0v) is 21.2. The Morgan fingerprint density at radius 1 is 1.00 bits per heavy atom. The number of guanidine groups is 1. The van der Waals surface area contributed by atoms with Crippen LogP contribution in [-0.4, -0.2) is 42.8 Å². The van der Waals surface area contributed by atoms with Gasteiger partial charge in [-0.2, -0.15) is 0 Å². The second kappa shape index (κ2) is 13.6. The van der Waals surface area contributed by atoms with Crippen LogP contribution in [0.25, 0.3) is 0 Å². The van der Waals surface area contributed by atoms with Crippen LogP contribution < -0.4 is 20.1 Å². The molecule has 2 aromatic carbocycles. The summed E-state index contributed by atoms with van der Waals surface area (Å²) in [5.41, 5.74) is 2.41. The zero-order chi connectivity index (χ0) is 21.9. The van der Waals surface area contributed by atoms with Crippen LogP contribution in [0.1, 0.15) is 23.9 Å². The minimum atomic E-state index is 0. The van der Waals surface area contributed by atoms with E-state index >= 15 is 0 Å². The van der Waals surface area contributed by atoms with Gasteiger partial charge in [-0.05, 0) is 36.6 Å². The van der Waals surface area contributed by atoms with E-state index in [-0.39, 0.29) is 24.0 Å². The van der Waals surface area contributed by atoms with E-state index in [0.29, 0.717) is 6.54 Å². The van der Waals surface area contributed by atoms with Crippen molar-refractivity contribution in [3.63, 3.8) is 0 Å². The molecule has 0 fully saturated rings. The summed E-state index contributed by atoms with van der Waals surface area (Å²) in [5, 5.41) is 6.70. The van der Waals surface area contributed by atoms with Gasteiger partial charge >= 0.3 is 0 Å². The second-order valence-corrected chi connectivity index (χ2v) is 7.02. The molecule has 1 aromatic heterocycles. The fourth-order valence-electron chi connectivity index (χ4n) is 3.27. The molecule has 0 aliphatic rings. The second-order valence-electron chi connectivity index (χ2n) is 7.02. The monoisotopic (exact) mass is 549 g/mol. The highest BCUT2D eigenvalue weighted by Crippen LogP contribution is 2.27. The Labute approximate surface area is 207 Å². The van der Waals surface area contributed by atoms with Crippen molar-refractivity contribution >= 4 is 29.9 Å². The van der Waals surface area contributed by atoms with Crippen molar-refractivity contribution in [3.05, 3.63) is 77.9 Å². The topological polar surface area (TPSA) is 72.7 Å². The van der Waals surface area contributed by atoms with Crippen molar-refractivity contribution in [3.8, 4) is 11.5 Å². The van der Waals surface area contributed by atoms with Gasteiger partial charge in [-0.15, -0.1) is 24.0 Å². The number of aliphatic imine (C=N–C) groups is 1. The van der Waals surface area contributed by atoms with E-state index < -0.39 is 0 Å². The lowest BCUT2D eigenvalue weighted by molar-refractivity contribution is 0.354. The van der Waals surface area contributed by atoms with Crippen molar-refractivity contribution in [2.24, 2.45) is 4.99 Å². The van der Waals surface area contributed by atoms with Gasteiger partial charge in [-0.25, -0.2) is 9.98 Å². The highest BCUT2D eigenvalue weighted by molar-refractivity contribution is 14.0. The maximum atomic E-state index is 5.39. The van der Waals surface area contributed by atoms with Crippen molar-refractivity contribution in [2.45, 2.75) is 26.4 Å². The first-order chi connectivity index (χ1) is 15.2. The predicted octanol–water partition coefficient (Wildman–Crippen LogP) is 3.86. The third kappa shape index (κ3) is 7.44. The molecule has 7 nitrogen and oxygen atoms in total. The van der Waals surface area contributed by atoms with Gasteiger partial charge in [-0.1, -0.05) is 36.4 Å². The maximum Gasteiger partial charge on any atom is 0.191 e. The molecule has 172 valence electrons. The zero-order valence-electron chi connectivity index (χ0n) is 18.9. The first kappa shape index (κ1) is 25.5. The van der Waals surface area contributed by atoms with Crippen LogP contribution in [0.5, 0.6) is 11.5 Å². The Morgan fingerprint density at radius 2 is 1.78 bits per heavy atom. The fourth-order valence-corrected chi connectivity index (χ4v) is 3.27. The molecule has 0 spiro atoms. The molecule has 2 N–H and O–H groups in total. The third-order valence-corrected chi connectivity index (χ3v) is 4.87. The molecule has 3 rings (SSSR count). The molecule has 0 aliphatic carbocycles. The van der Waals surface area contributed by atoms with Crippen LogP contribution in [0.2, 0.25) is 0 Å². The number of methoxy groups -OCH3 is 2. The summed E-state index contributed by atoms with van der Waals surface area (Å²) in [6, 6.07) is 16.3. The quantitative estimate of drug-likeness (QED) is 0.228. The van der Waals surface area contributed by atoms with E-state index in [1.807, 2.05) is 36.7 Å². The molecule has 3 aromatic rings. The molecular weight excluding hydrogens is 517 g/mol. The van der Waals surface area contributed by atoms with E-state index in [2.05, 4.69) is 51.4 Å². The average molecular weight is 549 g/mol. The summed E-state index contributed by atoms with van der Waals surface area (Å²) in [5.74, 6) is 3.18. The molecule has 8 heteroatoms. The summed E-state index contributed by atoms with van der Waals surface area (Å²) in [6.45, 7) is 4.89. The number of rotatable bonds is 10. The van der Waals surface area contributed by atoms with E-state index in [9.17, 15) is 0 Å². The number of aromatic nitrogens is 2. The Bertz CT molecular complexity index is 976. The van der Waals surface area contributed by atoms with E-state index in [4.69, 9.17) is 14.5 Å². The van der Waals surface area contributed by atoms with Gasteiger partial charge in [0.1, 0.15) is 12.4 Å². The minimum Gasteiger partial charge on any atom is -0.493 e. The van der Waals surface area contributed by atoms with Crippen molar-refractivity contribution in [2.75, 3.05) is 27.3 Å². The summed E-state index contributed by atoms with van der Waals surface area (Å²) in [7, 11) is 3.29. The molecule has 0 aliphatic heterocycles. The van der Waals surface area contributed by atoms with Crippen LogP contribution in [0, 0.1) is 0 Å². The Hall–Kier alpha value is -2.75. The lowest BCUT2D eigenvalue weighted by atomic mass is 10.1. The SMILES string of the molecule is CCNC(=NCc1nccn1Cc1ccccc1)NCCc1ccc(OC)c(OC)c1.I. The van der Waals surface area contributed by atoms with Crippen molar-refractivity contribution < 1.29 is 9.47 Å². The molecule has 0 saturated carbocycles. The van der Waals surface area contributed by atoms with Gasteiger partial charge < -0.3 is 24.7 Å². The summed E-state index contributed by atoms with van der Waals surface area (Å²) in [4.78, 5) is 9.20. The first-order valence-electron chi connectivity index (χ1n) is 10.5. The van der Waals surface area contributed by atoms with Gasteiger partial charge in [0.15, 0.2) is 17.5 Å². The van der Waals surface area contributed by atoms with Gasteiger partial charge in [0.25, 0.3) is 0 Å². The van der Waals surface area contributed by atoms with E-state index in [1.54, 1.807) is 14.2 Å². The number of hydrogen-bond acceptors (Lipinski definition) is 4. The van der Waals surface area contributed by atoms with E-state index in [1.165, 1.54) is 11.1 Å². The van der Waals surface area contributed by atoms with Crippen LogP contribution in [-0.2, 0) is 19.5 Å². The summed E-state index contributed by atoms with van der Waals surface area (Å²) in [6.07, 6.45) is 4.66. The number of hydrogen-bond donors (Lipinski definition) is 2. The Morgan fingerprint density at radius 3 is 2.50 bits per heavy atom.